The lowest BCUT2D eigenvalue weighted by Gasteiger charge is -2.19. The molecular weight excluding hydrogens is 351 g/mol. The van der Waals surface area contributed by atoms with E-state index in [-0.39, 0.29) is 11.3 Å². The molecule has 0 fully saturated rings. The largest absolute Gasteiger partial charge is 0.423 e. The predicted octanol–water partition coefficient (Wildman–Crippen LogP) is 4.45. The molecule has 3 aromatic carbocycles. The van der Waals surface area contributed by atoms with Crippen LogP contribution in [0.4, 0.5) is 0 Å². The van der Waals surface area contributed by atoms with Gasteiger partial charge in [-0.15, -0.1) is 0 Å². The summed E-state index contributed by atoms with van der Waals surface area (Å²) in [5, 5.41) is 0.397. The zero-order valence-electron chi connectivity index (χ0n) is 14.1. The SMILES string of the molecule is CO[P@@](=O)(Oc1ccccc1C(=O)Oc1ccccc1)c1ccccc1. The van der Waals surface area contributed by atoms with Crippen molar-refractivity contribution in [3.8, 4) is 11.5 Å². The van der Waals surface area contributed by atoms with E-state index in [4.69, 9.17) is 13.8 Å². The first-order valence-corrected chi connectivity index (χ1v) is 9.44. The van der Waals surface area contributed by atoms with Crippen molar-refractivity contribution in [1.29, 1.82) is 0 Å². The third-order valence-electron chi connectivity index (χ3n) is 3.59. The molecule has 0 aliphatic rings. The van der Waals surface area contributed by atoms with E-state index in [2.05, 4.69) is 0 Å². The Morgan fingerprint density at radius 3 is 2.04 bits per heavy atom. The summed E-state index contributed by atoms with van der Waals surface area (Å²) >= 11 is 0. The highest BCUT2D eigenvalue weighted by molar-refractivity contribution is 7.62. The van der Waals surface area contributed by atoms with Crippen molar-refractivity contribution in [1.82, 2.24) is 0 Å². The number of benzene rings is 3. The Morgan fingerprint density at radius 2 is 1.38 bits per heavy atom. The van der Waals surface area contributed by atoms with E-state index in [0.29, 0.717) is 11.1 Å². The third-order valence-corrected chi connectivity index (χ3v) is 5.44. The van der Waals surface area contributed by atoms with Gasteiger partial charge in [-0.25, -0.2) is 9.36 Å². The normalized spacial score (nSPS) is 12.8. The Balaban J connectivity index is 1.89. The molecule has 3 rings (SSSR count). The van der Waals surface area contributed by atoms with E-state index < -0.39 is 13.6 Å². The van der Waals surface area contributed by atoms with E-state index in [1.807, 2.05) is 6.07 Å². The Labute approximate surface area is 151 Å². The van der Waals surface area contributed by atoms with Crippen molar-refractivity contribution in [2.45, 2.75) is 0 Å². The van der Waals surface area contributed by atoms with Crippen molar-refractivity contribution in [2.75, 3.05) is 7.11 Å². The predicted molar refractivity (Wildman–Crippen MR) is 99.2 cm³/mol. The van der Waals surface area contributed by atoms with Crippen molar-refractivity contribution >= 4 is 18.9 Å². The monoisotopic (exact) mass is 368 g/mol. The van der Waals surface area contributed by atoms with Gasteiger partial charge in [-0.2, -0.15) is 0 Å². The highest BCUT2D eigenvalue weighted by Gasteiger charge is 2.29. The number of ether oxygens (including phenoxy) is 1. The average molecular weight is 368 g/mol. The molecule has 0 amide bonds. The van der Waals surface area contributed by atoms with E-state index in [9.17, 15) is 9.36 Å². The lowest BCUT2D eigenvalue weighted by Crippen LogP contribution is -2.14. The fraction of sp³-hybridized carbons (Fsp3) is 0.0500. The van der Waals surface area contributed by atoms with Crippen molar-refractivity contribution in [2.24, 2.45) is 0 Å². The lowest BCUT2D eigenvalue weighted by molar-refractivity contribution is 0.0733. The first kappa shape index (κ1) is 17.9. The third kappa shape index (κ3) is 4.02. The number of carbonyl (C=O) groups excluding carboxylic acids is 1. The molecule has 3 aromatic rings. The molecule has 0 saturated heterocycles. The number of para-hydroxylation sites is 2. The molecule has 0 radical (unpaired) electrons. The van der Waals surface area contributed by atoms with Gasteiger partial charge >= 0.3 is 13.6 Å². The molecule has 0 unspecified atom stereocenters. The van der Waals surface area contributed by atoms with Crippen LogP contribution in [-0.2, 0) is 9.09 Å². The molecule has 0 saturated carbocycles. The fourth-order valence-corrected chi connectivity index (χ4v) is 3.65. The van der Waals surface area contributed by atoms with Crippen LogP contribution in [0.2, 0.25) is 0 Å². The molecule has 0 spiro atoms. The smallest absolute Gasteiger partial charge is 0.410 e. The molecule has 0 heterocycles. The average Bonchev–Trinajstić information content (AvgIpc) is 2.69. The Morgan fingerprint density at radius 1 is 0.808 bits per heavy atom. The van der Waals surface area contributed by atoms with E-state index >= 15 is 0 Å². The lowest BCUT2D eigenvalue weighted by atomic mass is 10.2. The number of rotatable bonds is 6. The summed E-state index contributed by atoms with van der Waals surface area (Å²) in [6, 6.07) is 23.7. The topological polar surface area (TPSA) is 61.8 Å². The van der Waals surface area contributed by atoms with Gasteiger partial charge in [-0.3, -0.25) is 4.52 Å². The van der Waals surface area contributed by atoms with Crippen LogP contribution in [0, 0.1) is 0 Å². The first-order valence-electron chi connectivity index (χ1n) is 7.89. The van der Waals surface area contributed by atoms with Crippen molar-refractivity contribution in [3.05, 3.63) is 90.5 Å². The van der Waals surface area contributed by atoms with Gasteiger partial charge in [-0.05, 0) is 36.4 Å². The summed E-state index contributed by atoms with van der Waals surface area (Å²) in [6.07, 6.45) is 0. The van der Waals surface area contributed by atoms with Gasteiger partial charge in [0.05, 0.1) is 5.30 Å². The van der Waals surface area contributed by atoms with Gasteiger partial charge < -0.3 is 9.26 Å². The summed E-state index contributed by atoms with van der Waals surface area (Å²) in [5.41, 5.74) is 0.157. The standard InChI is InChI=1S/C20H17O5P/c1-23-26(22,17-12-6-3-7-13-17)25-19-15-9-8-14-18(19)20(21)24-16-10-4-2-5-11-16/h2-15H,1H3/t26-/m1/s1. The first-order chi connectivity index (χ1) is 12.6. The molecular formula is C20H17O5P. The summed E-state index contributed by atoms with van der Waals surface area (Å²) in [4.78, 5) is 12.5. The summed E-state index contributed by atoms with van der Waals surface area (Å²) in [6.45, 7) is 0. The second-order valence-corrected chi connectivity index (χ2v) is 7.36. The van der Waals surface area contributed by atoms with Crippen molar-refractivity contribution < 1.29 is 23.1 Å². The molecule has 6 heteroatoms. The van der Waals surface area contributed by atoms with Crippen LogP contribution in [0.3, 0.4) is 0 Å². The molecule has 26 heavy (non-hydrogen) atoms. The molecule has 0 aliphatic heterocycles. The van der Waals surface area contributed by atoms with Crippen LogP contribution in [0.1, 0.15) is 10.4 Å². The van der Waals surface area contributed by atoms with Crippen LogP contribution in [0.25, 0.3) is 0 Å². The minimum Gasteiger partial charge on any atom is -0.423 e. The van der Waals surface area contributed by atoms with Crippen LogP contribution in [0.15, 0.2) is 84.9 Å². The molecule has 132 valence electrons. The van der Waals surface area contributed by atoms with Gasteiger partial charge in [0.15, 0.2) is 0 Å². The minimum absolute atomic E-state index is 0.127. The van der Waals surface area contributed by atoms with Crippen LogP contribution >= 0.6 is 7.60 Å². The van der Waals surface area contributed by atoms with Gasteiger partial charge in [-0.1, -0.05) is 48.5 Å². The van der Waals surface area contributed by atoms with Gasteiger partial charge in [0, 0.05) is 7.11 Å². The second-order valence-electron chi connectivity index (χ2n) is 5.31. The maximum absolute atomic E-state index is 13.1. The van der Waals surface area contributed by atoms with Gasteiger partial charge in [0.25, 0.3) is 0 Å². The molecule has 5 nitrogen and oxygen atoms in total. The Hall–Kier alpha value is -2.88. The highest BCUT2D eigenvalue weighted by Crippen LogP contribution is 2.47. The van der Waals surface area contributed by atoms with Crippen LogP contribution in [0.5, 0.6) is 11.5 Å². The van der Waals surface area contributed by atoms with Gasteiger partial charge in [0.1, 0.15) is 17.1 Å². The van der Waals surface area contributed by atoms with Crippen LogP contribution < -0.4 is 14.6 Å². The zero-order valence-corrected chi connectivity index (χ0v) is 15.0. The van der Waals surface area contributed by atoms with Crippen molar-refractivity contribution in [3.63, 3.8) is 0 Å². The van der Waals surface area contributed by atoms with E-state index in [0.717, 1.165) is 0 Å². The molecule has 0 N–H and O–H groups in total. The molecule has 1 atom stereocenters. The van der Waals surface area contributed by atoms with E-state index in [1.165, 1.54) is 7.11 Å². The highest BCUT2D eigenvalue weighted by atomic mass is 31.2. The Kier molecular flexibility index (Phi) is 5.52. The second kappa shape index (κ2) is 8.00. The number of esters is 1. The number of hydrogen-bond donors (Lipinski definition) is 0. The summed E-state index contributed by atoms with van der Waals surface area (Å²) < 4.78 is 29.3. The fourth-order valence-electron chi connectivity index (χ4n) is 2.30. The summed E-state index contributed by atoms with van der Waals surface area (Å²) in [7, 11) is -2.33. The number of carbonyl (C=O) groups is 1. The maximum Gasteiger partial charge on any atom is 0.410 e. The van der Waals surface area contributed by atoms with E-state index in [1.54, 1.807) is 78.9 Å². The molecule has 0 aliphatic carbocycles. The zero-order chi connectivity index (χ0) is 18.4. The summed E-state index contributed by atoms with van der Waals surface area (Å²) in [5.74, 6) is -0.0738. The number of hydrogen-bond acceptors (Lipinski definition) is 5. The van der Waals surface area contributed by atoms with Crippen LogP contribution in [-0.4, -0.2) is 13.1 Å². The molecule has 0 aromatic heterocycles. The molecule has 0 bridgehead atoms. The maximum atomic E-state index is 13.1. The van der Waals surface area contributed by atoms with Gasteiger partial charge in [0.2, 0.25) is 0 Å². The quantitative estimate of drug-likeness (QED) is 0.365. The minimum atomic E-state index is -3.63. The Bertz CT molecular complexity index is 925.